The van der Waals surface area contributed by atoms with Crippen LogP contribution in [0.3, 0.4) is 0 Å². The fourth-order valence-electron chi connectivity index (χ4n) is 2.55. The minimum absolute atomic E-state index is 0.0729. The standard InChI is InChI=1S/C15H20N6O/c1-11-19-7-12(8-20-11)9-21-5-6-22-13(10-21)14-15(16-2)18-4-3-17-14/h3-4,7-8,13H,5-6,9-10H2,1-2H3,(H,16,18). The van der Waals surface area contributed by atoms with Crippen molar-refractivity contribution < 1.29 is 4.74 Å². The number of ether oxygens (including phenoxy) is 1. The molecule has 1 aliphatic heterocycles. The van der Waals surface area contributed by atoms with E-state index in [1.54, 1.807) is 12.4 Å². The molecule has 1 unspecified atom stereocenters. The molecule has 7 nitrogen and oxygen atoms in total. The molecule has 1 saturated heterocycles. The molecule has 2 aromatic heterocycles. The van der Waals surface area contributed by atoms with E-state index in [1.165, 1.54) is 0 Å². The highest BCUT2D eigenvalue weighted by atomic mass is 16.5. The molecule has 1 atom stereocenters. The fraction of sp³-hybridized carbons (Fsp3) is 0.467. The quantitative estimate of drug-likeness (QED) is 0.909. The predicted molar refractivity (Wildman–Crippen MR) is 82.3 cm³/mol. The minimum Gasteiger partial charge on any atom is -0.372 e. The van der Waals surface area contributed by atoms with E-state index < -0.39 is 0 Å². The van der Waals surface area contributed by atoms with Crippen LogP contribution in [0.25, 0.3) is 0 Å². The van der Waals surface area contributed by atoms with Crippen LogP contribution in [-0.4, -0.2) is 51.6 Å². The molecule has 7 heteroatoms. The highest BCUT2D eigenvalue weighted by molar-refractivity contribution is 5.40. The lowest BCUT2D eigenvalue weighted by Gasteiger charge is -2.32. The topological polar surface area (TPSA) is 76.1 Å². The van der Waals surface area contributed by atoms with Crippen molar-refractivity contribution in [3.05, 3.63) is 41.9 Å². The second kappa shape index (κ2) is 6.76. The van der Waals surface area contributed by atoms with Crippen molar-refractivity contribution in [3.8, 4) is 0 Å². The van der Waals surface area contributed by atoms with Crippen molar-refractivity contribution in [2.75, 3.05) is 32.1 Å². The molecule has 0 aliphatic carbocycles. The Morgan fingerprint density at radius 3 is 2.77 bits per heavy atom. The van der Waals surface area contributed by atoms with Crippen LogP contribution in [0.15, 0.2) is 24.8 Å². The Balaban J connectivity index is 1.70. The molecule has 0 amide bonds. The largest absolute Gasteiger partial charge is 0.372 e. The Bertz CT molecular complexity index is 618. The Morgan fingerprint density at radius 2 is 2.00 bits per heavy atom. The van der Waals surface area contributed by atoms with E-state index in [9.17, 15) is 0 Å². The number of aryl methyl sites for hydroxylation is 1. The molecule has 2 aromatic rings. The van der Waals surface area contributed by atoms with Crippen LogP contribution in [0.1, 0.15) is 23.2 Å². The van der Waals surface area contributed by atoms with Gasteiger partial charge in [0, 0.05) is 57.0 Å². The molecular weight excluding hydrogens is 280 g/mol. The maximum atomic E-state index is 5.88. The third-order valence-corrected chi connectivity index (χ3v) is 3.66. The van der Waals surface area contributed by atoms with Gasteiger partial charge in [0.05, 0.1) is 6.61 Å². The van der Waals surface area contributed by atoms with Gasteiger partial charge in [0.15, 0.2) is 0 Å². The summed E-state index contributed by atoms with van der Waals surface area (Å²) in [5, 5.41) is 3.07. The number of nitrogens with zero attached hydrogens (tertiary/aromatic N) is 5. The first-order valence-electron chi connectivity index (χ1n) is 7.36. The molecule has 22 heavy (non-hydrogen) atoms. The van der Waals surface area contributed by atoms with Crippen molar-refractivity contribution in [1.82, 2.24) is 24.8 Å². The van der Waals surface area contributed by atoms with Crippen molar-refractivity contribution in [1.29, 1.82) is 0 Å². The highest BCUT2D eigenvalue weighted by Gasteiger charge is 2.25. The number of nitrogens with one attached hydrogen (secondary N) is 1. The summed E-state index contributed by atoms with van der Waals surface area (Å²) in [5.74, 6) is 1.56. The van der Waals surface area contributed by atoms with Gasteiger partial charge in [-0.25, -0.2) is 15.0 Å². The second-order valence-electron chi connectivity index (χ2n) is 5.27. The molecule has 0 aromatic carbocycles. The number of morpholine rings is 1. The van der Waals surface area contributed by atoms with Crippen LogP contribution in [0.2, 0.25) is 0 Å². The van der Waals surface area contributed by atoms with Crippen LogP contribution in [0, 0.1) is 6.92 Å². The zero-order valence-electron chi connectivity index (χ0n) is 12.9. The SMILES string of the molecule is CNc1nccnc1C1CN(Cc2cnc(C)nc2)CCO1. The molecule has 0 saturated carbocycles. The minimum atomic E-state index is -0.0729. The number of aromatic nitrogens is 4. The zero-order valence-corrected chi connectivity index (χ0v) is 12.9. The van der Waals surface area contributed by atoms with Crippen molar-refractivity contribution in [2.24, 2.45) is 0 Å². The fourth-order valence-corrected chi connectivity index (χ4v) is 2.55. The Morgan fingerprint density at radius 1 is 1.23 bits per heavy atom. The van der Waals surface area contributed by atoms with Gasteiger partial charge in [-0.1, -0.05) is 0 Å². The average molecular weight is 300 g/mol. The van der Waals surface area contributed by atoms with Crippen LogP contribution in [-0.2, 0) is 11.3 Å². The van der Waals surface area contributed by atoms with E-state index in [4.69, 9.17) is 4.74 Å². The molecule has 0 radical (unpaired) electrons. The molecule has 3 heterocycles. The number of rotatable bonds is 4. The summed E-state index contributed by atoms with van der Waals surface area (Å²) >= 11 is 0. The second-order valence-corrected chi connectivity index (χ2v) is 5.27. The van der Waals surface area contributed by atoms with Gasteiger partial charge in [-0.2, -0.15) is 0 Å². The van der Waals surface area contributed by atoms with Gasteiger partial charge >= 0.3 is 0 Å². The first kappa shape index (κ1) is 14.8. The monoisotopic (exact) mass is 300 g/mol. The highest BCUT2D eigenvalue weighted by Crippen LogP contribution is 2.25. The molecule has 0 spiro atoms. The molecule has 116 valence electrons. The normalized spacial score (nSPS) is 19.1. The summed E-state index contributed by atoms with van der Waals surface area (Å²) in [6, 6.07) is 0. The summed E-state index contributed by atoms with van der Waals surface area (Å²) in [5.41, 5.74) is 1.97. The lowest BCUT2D eigenvalue weighted by Crippen LogP contribution is -2.38. The number of anilines is 1. The zero-order chi connectivity index (χ0) is 15.4. The van der Waals surface area contributed by atoms with Crippen LogP contribution >= 0.6 is 0 Å². The third-order valence-electron chi connectivity index (χ3n) is 3.66. The average Bonchev–Trinajstić information content (AvgIpc) is 2.57. The molecular formula is C15H20N6O. The van der Waals surface area contributed by atoms with E-state index in [0.29, 0.717) is 6.61 Å². The lowest BCUT2D eigenvalue weighted by molar-refractivity contribution is -0.0348. The molecule has 1 aliphatic rings. The maximum Gasteiger partial charge on any atom is 0.150 e. The summed E-state index contributed by atoms with van der Waals surface area (Å²) in [6.07, 6.45) is 7.07. The lowest BCUT2D eigenvalue weighted by atomic mass is 10.2. The van der Waals surface area contributed by atoms with E-state index >= 15 is 0 Å². The van der Waals surface area contributed by atoms with Crippen LogP contribution in [0.4, 0.5) is 5.82 Å². The van der Waals surface area contributed by atoms with Gasteiger partial charge in [0.25, 0.3) is 0 Å². The van der Waals surface area contributed by atoms with Crippen LogP contribution < -0.4 is 5.32 Å². The number of hydrogen-bond donors (Lipinski definition) is 1. The van der Waals surface area contributed by atoms with E-state index in [1.807, 2.05) is 26.4 Å². The smallest absolute Gasteiger partial charge is 0.150 e. The molecule has 0 bridgehead atoms. The number of hydrogen-bond acceptors (Lipinski definition) is 7. The summed E-state index contributed by atoms with van der Waals surface area (Å²) in [4.78, 5) is 19.5. The van der Waals surface area contributed by atoms with Gasteiger partial charge in [-0.15, -0.1) is 0 Å². The van der Waals surface area contributed by atoms with E-state index in [2.05, 4.69) is 30.2 Å². The van der Waals surface area contributed by atoms with Gasteiger partial charge in [0.1, 0.15) is 23.4 Å². The van der Waals surface area contributed by atoms with Crippen molar-refractivity contribution in [3.63, 3.8) is 0 Å². The van der Waals surface area contributed by atoms with Gasteiger partial charge in [-0.3, -0.25) is 9.88 Å². The van der Waals surface area contributed by atoms with Gasteiger partial charge < -0.3 is 10.1 Å². The molecule has 3 rings (SSSR count). The van der Waals surface area contributed by atoms with E-state index in [0.717, 1.165) is 42.5 Å². The first-order valence-corrected chi connectivity index (χ1v) is 7.36. The van der Waals surface area contributed by atoms with E-state index in [-0.39, 0.29) is 6.10 Å². The van der Waals surface area contributed by atoms with Gasteiger partial charge in [-0.05, 0) is 6.92 Å². The maximum absolute atomic E-state index is 5.88. The predicted octanol–water partition coefficient (Wildman–Crippen LogP) is 1.19. The first-order chi connectivity index (χ1) is 10.8. The van der Waals surface area contributed by atoms with Crippen molar-refractivity contribution >= 4 is 5.82 Å². The van der Waals surface area contributed by atoms with Crippen LogP contribution in [0.5, 0.6) is 0 Å². The molecule has 1 fully saturated rings. The summed E-state index contributed by atoms with van der Waals surface area (Å²) in [7, 11) is 1.84. The van der Waals surface area contributed by atoms with Gasteiger partial charge in [0.2, 0.25) is 0 Å². The summed E-state index contributed by atoms with van der Waals surface area (Å²) < 4.78 is 5.88. The summed E-state index contributed by atoms with van der Waals surface area (Å²) in [6.45, 7) is 5.05. The van der Waals surface area contributed by atoms with Crippen molar-refractivity contribution in [2.45, 2.75) is 19.6 Å². The Labute approximate surface area is 129 Å². The third kappa shape index (κ3) is 3.37. The Kier molecular flexibility index (Phi) is 4.55. The Hall–Kier alpha value is -2.12. The molecule has 1 N–H and O–H groups in total.